The molecule has 0 aliphatic rings. The zero-order valence-corrected chi connectivity index (χ0v) is 11.4. The minimum atomic E-state index is -0.773. The van der Waals surface area contributed by atoms with Crippen LogP contribution in [-0.4, -0.2) is 18.4 Å². The number of halogens is 2. The molecule has 2 aromatic rings. The molecule has 0 heterocycles. The highest BCUT2D eigenvalue weighted by atomic mass is 19.1. The van der Waals surface area contributed by atoms with Crippen LogP contribution in [0.25, 0.3) is 0 Å². The number of carbonyl (C=O) groups is 2. The Labute approximate surface area is 125 Å². The van der Waals surface area contributed by atoms with Crippen LogP contribution in [-0.2, 0) is 4.79 Å². The molecule has 0 unspecified atom stereocenters. The maximum atomic E-state index is 13.0. The Balaban J connectivity index is 1.91. The minimum absolute atomic E-state index is 0.0355. The summed E-state index contributed by atoms with van der Waals surface area (Å²) < 4.78 is 26.0. The van der Waals surface area contributed by atoms with Gasteiger partial charge in [-0.2, -0.15) is 0 Å². The quantitative estimate of drug-likeness (QED) is 0.791. The standard InChI is InChI=1S/C15H13F2N3O2/c16-10-5-11(17)7-13(6-10)20-14(21)8-19-12-3-1-9(2-4-12)15(18)22/h1-7,19H,8H2,(H2,18,22)(H,20,21). The van der Waals surface area contributed by atoms with Crippen molar-refractivity contribution in [2.75, 3.05) is 17.2 Å². The van der Waals surface area contributed by atoms with E-state index in [0.717, 1.165) is 12.1 Å². The molecule has 0 radical (unpaired) electrons. The number of rotatable bonds is 5. The van der Waals surface area contributed by atoms with Crippen LogP contribution in [0.5, 0.6) is 0 Å². The first-order valence-corrected chi connectivity index (χ1v) is 6.34. The molecular weight excluding hydrogens is 292 g/mol. The summed E-state index contributed by atoms with van der Waals surface area (Å²) in [6.45, 7) is -0.103. The molecule has 0 saturated carbocycles. The van der Waals surface area contributed by atoms with Crippen molar-refractivity contribution in [1.82, 2.24) is 0 Å². The fraction of sp³-hybridized carbons (Fsp3) is 0.0667. The second-order valence-electron chi connectivity index (χ2n) is 4.50. The first kappa shape index (κ1) is 15.4. The average Bonchev–Trinajstić information content (AvgIpc) is 2.44. The van der Waals surface area contributed by atoms with E-state index in [9.17, 15) is 18.4 Å². The van der Waals surface area contributed by atoms with E-state index in [1.165, 1.54) is 12.1 Å². The predicted octanol–water partition coefficient (Wildman–Crippen LogP) is 2.11. The fourth-order valence-corrected chi connectivity index (χ4v) is 1.77. The second kappa shape index (κ2) is 6.66. The summed E-state index contributed by atoms with van der Waals surface area (Å²) in [4.78, 5) is 22.6. The van der Waals surface area contributed by atoms with E-state index in [2.05, 4.69) is 10.6 Å². The summed E-state index contributed by atoms with van der Waals surface area (Å²) in [6, 6.07) is 8.97. The van der Waals surface area contributed by atoms with Gasteiger partial charge in [0, 0.05) is 23.0 Å². The highest BCUT2D eigenvalue weighted by molar-refractivity contribution is 5.94. The lowest BCUT2D eigenvalue weighted by molar-refractivity contribution is -0.114. The van der Waals surface area contributed by atoms with Crippen LogP contribution in [0, 0.1) is 11.6 Å². The highest BCUT2D eigenvalue weighted by Gasteiger charge is 2.06. The second-order valence-corrected chi connectivity index (χ2v) is 4.50. The van der Waals surface area contributed by atoms with Crippen molar-refractivity contribution in [3.05, 3.63) is 59.7 Å². The van der Waals surface area contributed by atoms with Gasteiger partial charge in [0.25, 0.3) is 0 Å². The Morgan fingerprint density at radius 3 is 2.09 bits per heavy atom. The zero-order chi connectivity index (χ0) is 16.1. The maximum absolute atomic E-state index is 13.0. The fourth-order valence-electron chi connectivity index (χ4n) is 1.77. The van der Waals surface area contributed by atoms with Crippen molar-refractivity contribution in [1.29, 1.82) is 0 Å². The van der Waals surface area contributed by atoms with Crippen molar-refractivity contribution in [3.8, 4) is 0 Å². The normalized spacial score (nSPS) is 10.1. The molecule has 0 spiro atoms. The number of primary amides is 1. The van der Waals surface area contributed by atoms with Crippen LogP contribution in [0.3, 0.4) is 0 Å². The molecule has 7 heteroatoms. The van der Waals surface area contributed by atoms with Crippen molar-refractivity contribution >= 4 is 23.2 Å². The molecule has 0 atom stereocenters. The lowest BCUT2D eigenvalue weighted by atomic mass is 10.2. The lowest BCUT2D eigenvalue weighted by Crippen LogP contribution is -2.22. The Hall–Kier alpha value is -2.96. The van der Waals surface area contributed by atoms with E-state index in [1.54, 1.807) is 12.1 Å². The van der Waals surface area contributed by atoms with Crippen molar-refractivity contribution < 1.29 is 18.4 Å². The third-order valence-corrected chi connectivity index (χ3v) is 2.77. The van der Waals surface area contributed by atoms with Gasteiger partial charge in [-0.3, -0.25) is 9.59 Å². The summed E-state index contributed by atoms with van der Waals surface area (Å²) in [5, 5.41) is 5.18. The molecule has 0 fully saturated rings. The van der Waals surface area contributed by atoms with Gasteiger partial charge in [0.1, 0.15) is 11.6 Å². The molecule has 0 aliphatic heterocycles. The largest absolute Gasteiger partial charge is 0.376 e. The molecule has 2 amide bonds. The van der Waals surface area contributed by atoms with Gasteiger partial charge >= 0.3 is 0 Å². The van der Waals surface area contributed by atoms with Crippen LogP contribution in [0.2, 0.25) is 0 Å². The van der Waals surface area contributed by atoms with Gasteiger partial charge in [-0.15, -0.1) is 0 Å². The summed E-state index contributed by atoms with van der Waals surface area (Å²) >= 11 is 0. The Morgan fingerprint density at radius 1 is 0.955 bits per heavy atom. The lowest BCUT2D eigenvalue weighted by Gasteiger charge is -2.08. The SMILES string of the molecule is NC(=O)c1ccc(NCC(=O)Nc2cc(F)cc(F)c2)cc1. The number of hydrogen-bond acceptors (Lipinski definition) is 3. The highest BCUT2D eigenvalue weighted by Crippen LogP contribution is 2.13. The molecule has 0 bridgehead atoms. The van der Waals surface area contributed by atoms with E-state index < -0.39 is 23.4 Å². The van der Waals surface area contributed by atoms with Crippen LogP contribution >= 0.6 is 0 Å². The monoisotopic (exact) mass is 305 g/mol. The van der Waals surface area contributed by atoms with E-state index in [-0.39, 0.29) is 12.2 Å². The third-order valence-electron chi connectivity index (χ3n) is 2.77. The number of amides is 2. The van der Waals surface area contributed by atoms with Gasteiger partial charge in [-0.1, -0.05) is 0 Å². The summed E-state index contributed by atoms with van der Waals surface area (Å²) in [5.74, 6) is -2.56. The molecule has 22 heavy (non-hydrogen) atoms. The van der Waals surface area contributed by atoms with E-state index in [0.29, 0.717) is 17.3 Å². The number of anilines is 2. The molecular formula is C15H13F2N3O2. The number of nitrogens with two attached hydrogens (primary N) is 1. The summed E-state index contributed by atoms with van der Waals surface area (Å²) in [7, 11) is 0. The van der Waals surface area contributed by atoms with Crippen LogP contribution in [0.15, 0.2) is 42.5 Å². The number of benzene rings is 2. The number of carbonyl (C=O) groups excluding carboxylic acids is 2. The van der Waals surface area contributed by atoms with E-state index >= 15 is 0 Å². The first-order chi connectivity index (χ1) is 10.4. The van der Waals surface area contributed by atoms with Crippen LogP contribution < -0.4 is 16.4 Å². The smallest absolute Gasteiger partial charge is 0.248 e. The predicted molar refractivity (Wildman–Crippen MR) is 78.4 cm³/mol. The topological polar surface area (TPSA) is 84.2 Å². The Bertz CT molecular complexity index is 682. The van der Waals surface area contributed by atoms with Crippen molar-refractivity contribution in [2.24, 2.45) is 5.73 Å². The zero-order valence-electron chi connectivity index (χ0n) is 11.4. The summed E-state index contributed by atoms with van der Waals surface area (Å²) in [6.07, 6.45) is 0. The van der Waals surface area contributed by atoms with Crippen LogP contribution in [0.1, 0.15) is 10.4 Å². The Kier molecular flexibility index (Phi) is 4.67. The van der Waals surface area contributed by atoms with Crippen LogP contribution in [0.4, 0.5) is 20.2 Å². The Morgan fingerprint density at radius 2 is 1.55 bits per heavy atom. The molecule has 0 saturated heterocycles. The van der Waals surface area contributed by atoms with E-state index in [4.69, 9.17) is 5.73 Å². The van der Waals surface area contributed by atoms with Crippen molar-refractivity contribution in [2.45, 2.75) is 0 Å². The first-order valence-electron chi connectivity index (χ1n) is 6.34. The number of nitrogens with one attached hydrogen (secondary N) is 2. The molecule has 0 aliphatic carbocycles. The van der Waals surface area contributed by atoms with Gasteiger partial charge in [0.2, 0.25) is 11.8 Å². The van der Waals surface area contributed by atoms with Gasteiger partial charge in [0.15, 0.2) is 0 Å². The average molecular weight is 305 g/mol. The molecule has 2 rings (SSSR count). The van der Waals surface area contributed by atoms with Gasteiger partial charge in [0.05, 0.1) is 6.54 Å². The van der Waals surface area contributed by atoms with Crippen molar-refractivity contribution in [3.63, 3.8) is 0 Å². The molecule has 2 aromatic carbocycles. The maximum Gasteiger partial charge on any atom is 0.248 e. The summed E-state index contributed by atoms with van der Waals surface area (Å²) in [5.41, 5.74) is 6.10. The molecule has 0 aromatic heterocycles. The minimum Gasteiger partial charge on any atom is -0.376 e. The van der Waals surface area contributed by atoms with Gasteiger partial charge in [-0.25, -0.2) is 8.78 Å². The van der Waals surface area contributed by atoms with E-state index in [1.807, 2.05) is 0 Å². The third kappa shape index (κ3) is 4.27. The molecule has 4 N–H and O–H groups in total. The number of hydrogen-bond donors (Lipinski definition) is 3. The van der Waals surface area contributed by atoms with Gasteiger partial charge in [-0.05, 0) is 36.4 Å². The molecule has 114 valence electrons. The molecule has 5 nitrogen and oxygen atoms in total. The van der Waals surface area contributed by atoms with Gasteiger partial charge < -0.3 is 16.4 Å².